The summed E-state index contributed by atoms with van der Waals surface area (Å²) in [4.78, 5) is 0. The normalized spacial score (nSPS) is 13.9. The largest absolute Gasteiger partial charge is 0.397 e. The van der Waals surface area contributed by atoms with Crippen molar-refractivity contribution in [2.24, 2.45) is 11.5 Å². The van der Waals surface area contributed by atoms with Crippen LogP contribution in [0, 0.1) is 12.7 Å². The summed E-state index contributed by atoms with van der Waals surface area (Å²) in [6, 6.07) is 6.90. The van der Waals surface area contributed by atoms with E-state index in [0.717, 1.165) is 22.1 Å². The van der Waals surface area contributed by atoms with Crippen LogP contribution in [0.1, 0.15) is 16.7 Å². The van der Waals surface area contributed by atoms with Gasteiger partial charge in [-0.15, -0.1) is 0 Å². The van der Waals surface area contributed by atoms with Crippen LogP contribution >= 0.6 is 0 Å². The maximum atomic E-state index is 13.8. The Labute approximate surface area is 92.4 Å². The van der Waals surface area contributed by atoms with Crippen LogP contribution in [0.2, 0.25) is 0 Å². The van der Waals surface area contributed by atoms with Crippen molar-refractivity contribution in [2.75, 3.05) is 0 Å². The molecule has 2 aromatic rings. The molecule has 0 saturated carbocycles. The average Bonchev–Trinajstić information content (AvgIpc) is 2.50. The van der Waals surface area contributed by atoms with Gasteiger partial charge in [-0.2, -0.15) is 0 Å². The van der Waals surface area contributed by atoms with E-state index in [0.29, 0.717) is 16.8 Å². The van der Waals surface area contributed by atoms with Crippen molar-refractivity contribution in [3.05, 3.63) is 46.8 Å². The Balaban J connectivity index is 2.61. The SMILES string of the molecule is Cc1ccc2c3c(ccc(F)c13)C(N)=C2N. The number of halogens is 1. The predicted octanol–water partition coefficient (Wildman–Crippen LogP) is 2.34. The second-order valence-electron chi connectivity index (χ2n) is 4.10. The average molecular weight is 214 g/mol. The number of hydrogen-bond acceptors (Lipinski definition) is 2. The minimum Gasteiger partial charge on any atom is -0.397 e. The molecule has 4 N–H and O–H groups in total. The molecule has 1 aliphatic rings. The molecule has 0 fully saturated rings. The molecular weight excluding hydrogens is 203 g/mol. The van der Waals surface area contributed by atoms with E-state index in [1.807, 2.05) is 19.1 Å². The molecule has 16 heavy (non-hydrogen) atoms. The number of nitrogens with two attached hydrogens (primary N) is 2. The zero-order chi connectivity index (χ0) is 11.4. The molecule has 80 valence electrons. The number of hydrogen-bond donors (Lipinski definition) is 2. The van der Waals surface area contributed by atoms with Crippen LogP contribution in [0.5, 0.6) is 0 Å². The number of benzene rings is 2. The zero-order valence-corrected chi connectivity index (χ0v) is 8.84. The van der Waals surface area contributed by atoms with Gasteiger partial charge in [0.15, 0.2) is 0 Å². The summed E-state index contributed by atoms with van der Waals surface area (Å²) in [5, 5.41) is 1.47. The summed E-state index contributed by atoms with van der Waals surface area (Å²) in [6.07, 6.45) is 0. The lowest BCUT2D eigenvalue weighted by atomic mass is 9.99. The highest BCUT2D eigenvalue weighted by molar-refractivity contribution is 6.13. The monoisotopic (exact) mass is 214 g/mol. The highest BCUT2D eigenvalue weighted by Crippen LogP contribution is 2.39. The fraction of sp³-hybridized carbons (Fsp3) is 0.0769. The lowest BCUT2D eigenvalue weighted by Crippen LogP contribution is -2.01. The second kappa shape index (κ2) is 2.76. The maximum absolute atomic E-state index is 13.8. The Hall–Kier alpha value is -2.03. The molecule has 0 saturated heterocycles. The molecule has 2 aromatic carbocycles. The molecule has 0 radical (unpaired) electrons. The second-order valence-corrected chi connectivity index (χ2v) is 4.10. The number of aryl methyl sites for hydroxylation is 1. The van der Waals surface area contributed by atoms with E-state index in [9.17, 15) is 4.39 Å². The summed E-state index contributed by atoms with van der Waals surface area (Å²) >= 11 is 0. The quantitative estimate of drug-likeness (QED) is 0.707. The number of rotatable bonds is 0. The molecule has 2 nitrogen and oxygen atoms in total. The molecule has 0 spiro atoms. The van der Waals surface area contributed by atoms with Crippen molar-refractivity contribution in [3.8, 4) is 0 Å². The Kier molecular flexibility index (Phi) is 1.59. The van der Waals surface area contributed by atoms with E-state index in [4.69, 9.17) is 11.5 Å². The molecule has 0 aliphatic heterocycles. The van der Waals surface area contributed by atoms with E-state index < -0.39 is 0 Å². The van der Waals surface area contributed by atoms with Crippen molar-refractivity contribution >= 4 is 22.2 Å². The Morgan fingerprint density at radius 2 is 1.44 bits per heavy atom. The molecule has 0 heterocycles. The van der Waals surface area contributed by atoms with Crippen molar-refractivity contribution < 1.29 is 4.39 Å². The molecule has 0 aromatic heterocycles. The summed E-state index contributed by atoms with van der Waals surface area (Å²) in [7, 11) is 0. The maximum Gasteiger partial charge on any atom is 0.131 e. The van der Waals surface area contributed by atoms with Crippen LogP contribution in [0.3, 0.4) is 0 Å². The highest BCUT2D eigenvalue weighted by atomic mass is 19.1. The molecule has 0 bridgehead atoms. The van der Waals surface area contributed by atoms with Crippen LogP contribution in [0.25, 0.3) is 22.2 Å². The Bertz CT molecular complexity index is 604. The third-order valence-corrected chi connectivity index (χ3v) is 3.19. The minimum atomic E-state index is -0.222. The first-order valence-corrected chi connectivity index (χ1v) is 5.09. The van der Waals surface area contributed by atoms with Crippen molar-refractivity contribution in [1.29, 1.82) is 0 Å². The molecule has 0 atom stereocenters. The van der Waals surface area contributed by atoms with Crippen LogP contribution in [-0.4, -0.2) is 0 Å². The Morgan fingerprint density at radius 3 is 2.06 bits per heavy atom. The fourth-order valence-electron chi connectivity index (χ4n) is 2.36. The van der Waals surface area contributed by atoms with Gasteiger partial charge in [0.05, 0.1) is 11.4 Å². The van der Waals surface area contributed by atoms with Crippen LogP contribution < -0.4 is 11.5 Å². The molecular formula is C13H11FN2. The molecule has 0 unspecified atom stereocenters. The fourth-order valence-corrected chi connectivity index (χ4v) is 2.36. The molecule has 1 aliphatic carbocycles. The predicted molar refractivity (Wildman–Crippen MR) is 63.8 cm³/mol. The lowest BCUT2D eigenvalue weighted by molar-refractivity contribution is 0.639. The van der Waals surface area contributed by atoms with Gasteiger partial charge in [0.2, 0.25) is 0 Å². The van der Waals surface area contributed by atoms with Crippen LogP contribution in [0.15, 0.2) is 24.3 Å². The van der Waals surface area contributed by atoms with E-state index >= 15 is 0 Å². The molecule has 3 heteroatoms. The molecule has 0 amide bonds. The smallest absolute Gasteiger partial charge is 0.131 e. The van der Waals surface area contributed by atoms with Crippen molar-refractivity contribution in [3.63, 3.8) is 0 Å². The zero-order valence-electron chi connectivity index (χ0n) is 8.84. The van der Waals surface area contributed by atoms with Gasteiger partial charge in [0.1, 0.15) is 5.82 Å². The van der Waals surface area contributed by atoms with Gasteiger partial charge >= 0.3 is 0 Å². The van der Waals surface area contributed by atoms with E-state index in [1.165, 1.54) is 6.07 Å². The lowest BCUT2D eigenvalue weighted by Gasteiger charge is -2.07. The van der Waals surface area contributed by atoms with E-state index in [2.05, 4.69) is 0 Å². The van der Waals surface area contributed by atoms with Gasteiger partial charge in [-0.3, -0.25) is 0 Å². The van der Waals surface area contributed by atoms with Crippen LogP contribution in [-0.2, 0) is 0 Å². The topological polar surface area (TPSA) is 52.0 Å². The van der Waals surface area contributed by atoms with Gasteiger partial charge in [-0.25, -0.2) is 4.39 Å². The third-order valence-electron chi connectivity index (χ3n) is 3.19. The minimum absolute atomic E-state index is 0.222. The van der Waals surface area contributed by atoms with Gasteiger partial charge in [-0.05, 0) is 24.6 Å². The van der Waals surface area contributed by atoms with Crippen molar-refractivity contribution in [2.45, 2.75) is 6.92 Å². The summed E-state index contributed by atoms with van der Waals surface area (Å²) in [6.45, 7) is 1.89. The summed E-state index contributed by atoms with van der Waals surface area (Å²) in [5.41, 5.74) is 15.5. The molecule has 3 rings (SSSR count). The van der Waals surface area contributed by atoms with Crippen molar-refractivity contribution in [1.82, 2.24) is 0 Å². The Morgan fingerprint density at radius 1 is 0.875 bits per heavy atom. The first kappa shape index (κ1) is 9.21. The third kappa shape index (κ3) is 0.902. The van der Waals surface area contributed by atoms with E-state index in [1.54, 1.807) is 6.07 Å². The summed E-state index contributed by atoms with van der Waals surface area (Å²) < 4.78 is 13.8. The standard InChI is InChI=1S/C13H11FN2/c1-6-2-3-7-11-8(13(16)12(7)15)4-5-9(14)10(6)11/h2-5H,15-16H2,1H3. The van der Waals surface area contributed by atoms with Gasteiger partial charge in [0, 0.05) is 21.9 Å². The van der Waals surface area contributed by atoms with E-state index in [-0.39, 0.29) is 5.82 Å². The first-order chi connectivity index (χ1) is 7.61. The highest BCUT2D eigenvalue weighted by Gasteiger charge is 2.22. The summed E-state index contributed by atoms with van der Waals surface area (Å²) in [5.74, 6) is -0.222. The van der Waals surface area contributed by atoms with Gasteiger partial charge in [0.25, 0.3) is 0 Å². The first-order valence-electron chi connectivity index (χ1n) is 5.09. The van der Waals surface area contributed by atoms with Gasteiger partial charge < -0.3 is 11.5 Å². The van der Waals surface area contributed by atoms with Crippen LogP contribution in [0.4, 0.5) is 4.39 Å². The van der Waals surface area contributed by atoms with Gasteiger partial charge in [-0.1, -0.05) is 12.1 Å².